The predicted molar refractivity (Wildman–Crippen MR) is 95.7 cm³/mol. The van der Waals surface area contributed by atoms with Crippen LogP contribution in [0.2, 0.25) is 0 Å². The Morgan fingerprint density at radius 1 is 1.04 bits per heavy atom. The highest BCUT2D eigenvalue weighted by Crippen LogP contribution is 2.60. The Morgan fingerprint density at radius 2 is 1.71 bits per heavy atom. The Kier molecular flexibility index (Phi) is 3.04. The summed E-state index contributed by atoms with van der Waals surface area (Å²) >= 11 is 0. The zero-order valence-corrected chi connectivity index (χ0v) is 14.2. The molecule has 1 aromatic carbocycles. The van der Waals surface area contributed by atoms with Gasteiger partial charge >= 0.3 is 0 Å². The van der Waals surface area contributed by atoms with E-state index in [1.807, 2.05) is 25.1 Å². The monoisotopic (exact) mass is 320 g/mol. The number of hydrogen-bond donors (Lipinski definition) is 1. The highest BCUT2D eigenvalue weighted by atomic mass is 16.2. The number of anilines is 1. The maximum Gasteiger partial charge on any atom is 0.230 e. The lowest BCUT2D eigenvalue weighted by molar-refractivity contribution is -0.140. The number of fused-ring (bicyclic) bond motifs is 1. The second kappa shape index (κ2) is 5.05. The number of nitrogens with zero attached hydrogens (tertiary/aromatic N) is 1. The number of amides is 1. The second-order valence-corrected chi connectivity index (χ2v) is 8.48. The first-order valence-electron chi connectivity index (χ1n) is 9.29. The van der Waals surface area contributed by atoms with Gasteiger partial charge in [-0.25, -0.2) is 0 Å². The van der Waals surface area contributed by atoms with Gasteiger partial charge in [-0.3, -0.25) is 9.78 Å². The van der Waals surface area contributed by atoms with Crippen LogP contribution in [0.4, 0.5) is 5.69 Å². The molecule has 0 saturated heterocycles. The SMILES string of the molecule is Cc1ccc2cccc(NC(=O)C34CC5CC(CC(C5)C3)C4)c2n1. The Labute approximate surface area is 142 Å². The highest BCUT2D eigenvalue weighted by Gasteiger charge is 2.54. The van der Waals surface area contributed by atoms with Gasteiger partial charge in [-0.05, 0) is 75.3 Å². The first-order valence-corrected chi connectivity index (χ1v) is 9.29. The normalized spacial score (nSPS) is 33.8. The average Bonchev–Trinajstić information content (AvgIpc) is 2.54. The van der Waals surface area contributed by atoms with Crippen LogP contribution in [0.25, 0.3) is 10.9 Å². The molecule has 24 heavy (non-hydrogen) atoms. The summed E-state index contributed by atoms with van der Waals surface area (Å²) in [7, 11) is 0. The first kappa shape index (κ1) is 14.4. The lowest BCUT2D eigenvalue weighted by Gasteiger charge is -2.55. The molecule has 4 saturated carbocycles. The van der Waals surface area contributed by atoms with Crippen LogP contribution in [0, 0.1) is 30.1 Å². The van der Waals surface area contributed by atoms with Gasteiger partial charge in [0.25, 0.3) is 0 Å². The van der Waals surface area contributed by atoms with Gasteiger partial charge in [-0.2, -0.15) is 0 Å². The number of aromatic nitrogens is 1. The van der Waals surface area contributed by atoms with E-state index in [4.69, 9.17) is 0 Å². The average molecular weight is 320 g/mol. The van der Waals surface area contributed by atoms with Gasteiger partial charge in [0.1, 0.15) is 0 Å². The molecule has 3 nitrogen and oxygen atoms in total. The molecule has 124 valence electrons. The molecule has 4 aliphatic carbocycles. The van der Waals surface area contributed by atoms with E-state index in [0.29, 0.717) is 0 Å². The van der Waals surface area contributed by atoms with Crippen molar-refractivity contribution in [2.24, 2.45) is 23.2 Å². The molecule has 1 heterocycles. The molecule has 0 aliphatic heterocycles. The van der Waals surface area contributed by atoms with Crippen molar-refractivity contribution in [3.05, 3.63) is 36.0 Å². The van der Waals surface area contributed by atoms with Gasteiger partial charge in [-0.15, -0.1) is 0 Å². The molecule has 6 rings (SSSR count). The largest absolute Gasteiger partial charge is 0.324 e. The zero-order valence-electron chi connectivity index (χ0n) is 14.2. The van der Waals surface area contributed by atoms with E-state index in [2.05, 4.69) is 22.4 Å². The molecule has 1 N–H and O–H groups in total. The van der Waals surface area contributed by atoms with Gasteiger partial charge < -0.3 is 5.32 Å². The van der Waals surface area contributed by atoms with Crippen molar-refractivity contribution in [2.45, 2.75) is 45.4 Å². The van der Waals surface area contributed by atoms with E-state index in [-0.39, 0.29) is 11.3 Å². The highest BCUT2D eigenvalue weighted by molar-refractivity contribution is 6.02. The van der Waals surface area contributed by atoms with Gasteiger partial charge in [0, 0.05) is 11.1 Å². The summed E-state index contributed by atoms with van der Waals surface area (Å²) in [5.74, 6) is 2.61. The quantitative estimate of drug-likeness (QED) is 0.871. The Bertz CT molecular complexity index is 790. The number of carbonyl (C=O) groups excluding carboxylic acids is 1. The van der Waals surface area contributed by atoms with Crippen LogP contribution in [0.3, 0.4) is 0 Å². The topological polar surface area (TPSA) is 42.0 Å². The second-order valence-electron chi connectivity index (χ2n) is 8.48. The number of rotatable bonds is 2. The van der Waals surface area contributed by atoms with Crippen molar-refractivity contribution in [1.29, 1.82) is 0 Å². The molecule has 0 radical (unpaired) electrons. The van der Waals surface area contributed by atoms with E-state index >= 15 is 0 Å². The van der Waals surface area contributed by atoms with Gasteiger partial charge in [-0.1, -0.05) is 18.2 Å². The fraction of sp³-hybridized carbons (Fsp3) is 0.524. The first-order chi connectivity index (χ1) is 11.6. The summed E-state index contributed by atoms with van der Waals surface area (Å²) in [5.41, 5.74) is 2.66. The van der Waals surface area contributed by atoms with E-state index in [9.17, 15) is 4.79 Å². The Morgan fingerprint density at radius 3 is 2.38 bits per heavy atom. The summed E-state index contributed by atoms with van der Waals surface area (Å²) in [6.45, 7) is 2.00. The molecule has 0 spiro atoms. The third-order valence-electron chi connectivity index (χ3n) is 6.63. The standard InChI is InChI=1S/C21H24N2O/c1-13-5-6-17-3-2-4-18(19(17)22-13)23-20(24)21-10-14-7-15(11-21)9-16(8-14)12-21/h2-6,14-16H,7-12H2,1H3,(H,23,24). The summed E-state index contributed by atoms with van der Waals surface area (Å²) in [6, 6.07) is 10.2. The van der Waals surface area contributed by atoms with Crippen LogP contribution >= 0.6 is 0 Å². The number of pyridine rings is 1. The molecule has 3 heteroatoms. The van der Waals surface area contributed by atoms with Crippen LogP contribution in [0.15, 0.2) is 30.3 Å². The number of benzene rings is 1. The maximum atomic E-state index is 13.3. The smallest absolute Gasteiger partial charge is 0.230 e. The lowest BCUT2D eigenvalue weighted by Crippen LogP contribution is -2.51. The van der Waals surface area contributed by atoms with Crippen LogP contribution in [0.1, 0.15) is 44.2 Å². The Hall–Kier alpha value is -1.90. The maximum absolute atomic E-state index is 13.3. The van der Waals surface area contributed by atoms with E-state index in [0.717, 1.165) is 59.3 Å². The van der Waals surface area contributed by atoms with E-state index in [1.165, 1.54) is 19.3 Å². The minimum atomic E-state index is -0.110. The van der Waals surface area contributed by atoms with Crippen LogP contribution in [0.5, 0.6) is 0 Å². The number of aryl methyl sites for hydroxylation is 1. The van der Waals surface area contributed by atoms with Crippen LogP contribution in [-0.4, -0.2) is 10.9 Å². The summed E-state index contributed by atoms with van der Waals surface area (Å²) in [4.78, 5) is 17.9. The minimum absolute atomic E-state index is 0.110. The fourth-order valence-electron chi connectivity index (χ4n) is 5.99. The summed E-state index contributed by atoms with van der Waals surface area (Å²) in [6.07, 6.45) is 7.39. The third kappa shape index (κ3) is 2.17. The molecular formula is C21H24N2O. The Balaban J connectivity index is 1.48. The van der Waals surface area contributed by atoms with Crippen molar-refractivity contribution in [3.8, 4) is 0 Å². The predicted octanol–water partition coefficient (Wildman–Crippen LogP) is 4.70. The molecule has 2 aromatic rings. The molecule has 1 amide bonds. The number of hydrogen-bond acceptors (Lipinski definition) is 2. The molecule has 4 bridgehead atoms. The van der Waals surface area contributed by atoms with Crippen molar-refractivity contribution in [3.63, 3.8) is 0 Å². The third-order valence-corrected chi connectivity index (χ3v) is 6.63. The molecule has 4 fully saturated rings. The molecular weight excluding hydrogens is 296 g/mol. The van der Waals surface area contributed by atoms with Crippen LogP contribution < -0.4 is 5.32 Å². The zero-order chi connectivity index (χ0) is 16.3. The van der Waals surface area contributed by atoms with Crippen molar-refractivity contribution >= 4 is 22.5 Å². The molecule has 0 atom stereocenters. The molecule has 1 aromatic heterocycles. The molecule has 4 aliphatic rings. The minimum Gasteiger partial charge on any atom is -0.324 e. The van der Waals surface area contributed by atoms with Crippen molar-refractivity contribution in [1.82, 2.24) is 4.98 Å². The van der Waals surface area contributed by atoms with Gasteiger partial charge in [0.2, 0.25) is 5.91 Å². The molecule has 0 unspecified atom stereocenters. The van der Waals surface area contributed by atoms with E-state index < -0.39 is 0 Å². The van der Waals surface area contributed by atoms with Gasteiger partial charge in [0.05, 0.1) is 16.6 Å². The van der Waals surface area contributed by atoms with Gasteiger partial charge in [0.15, 0.2) is 0 Å². The lowest BCUT2D eigenvalue weighted by atomic mass is 9.49. The fourth-order valence-corrected chi connectivity index (χ4v) is 5.99. The van der Waals surface area contributed by atoms with Crippen molar-refractivity contribution < 1.29 is 4.79 Å². The number of para-hydroxylation sites is 1. The van der Waals surface area contributed by atoms with Crippen molar-refractivity contribution in [2.75, 3.05) is 5.32 Å². The van der Waals surface area contributed by atoms with E-state index in [1.54, 1.807) is 0 Å². The number of carbonyl (C=O) groups is 1. The summed E-state index contributed by atoms with van der Waals surface area (Å²) in [5, 5.41) is 4.35. The number of nitrogens with one attached hydrogen (secondary N) is 1. The summed E-state index contributed by atoms with van der Waals surface area (Å²) < 4.78 is 0. The van der Waals surface area contributed by atoms with Crippen LogP contribution in [-0.2, 0) is 4.79 Å².